The van der Waals surface area contributed by atoms with Gasteiger partial charge in [0, 0.05) is 18.2 Å². The number of aromatic nitrogens is 2. The summed E-state index contributed by atoms with van der Waals surface area (Å²) >= 11 is 6.00. The van der Waals surface area contributed by atoms with E-state index in [1.807, 2.05) is 6.92 Å². The molecule has 0 aliphatic carbocycles. The molecule has 2 rings (SSSR count). The molecule has 0 unspecified atom stereocenters. The van der Waals surface area contributed by atoms with E-state index in [9.17, 15) is 5.11 Å². The normalized spacial score (nSPS) is 10.7. The van der Waals surface area contributed by atoms with Gasteiger partial charge in [0.1, 0.15) is 5.82 Å². The van der Waals surface area contributed by atoms with Crippen molar-refractivity contribution in [2.24, 2.45) is 7.05 Å². The Balaban J connectivity index is 2.75. The molecule has 0 spiro atoms. The van der Waals surface area contributed by atoms with Gasteiger partial charge in [-0.1, -0.05) is 11.6 Å². The van der Waals surface area contributed by atoms with Crippen LogP contribution in [0.1, 0.15) is 5.56 Å². The first kappa shape index (κ1) is 12.6. The van der Waals surface area contributed by atoms with E-state index in [0.717, 1.165) is 5.56 Å². The minimum Gasteiger partial charge on any atom is -0.504 e. The Kier molecular flexibility index (Phi) is 3.09. The maximum atomic E-state index is 10.2. The summed E-state index contributed by atoms with van der Waals surface area (Å²) in [7, 11) is 3.19. The standard InChI is InChI=1S/C12H14ClN3O2/c1-6-4-8(13)11(18-3)10(17)9(6)7-5-15-16(2)12(7)14/h4-5,17H,14H2,1-3H3. The number of aryl methyl sites for hydroxylation is 2. The lowest BCUT2D eigenvalue weighted by Crippen LogP contribution is -1.99. The highest BCUT2D eigenvalue weighted by Crippen LogP contribution is 2.45. The Morgan fingerprint density at radius 2 is 2.17 bits per heavy atom. The number of rotatable bonds is 2. The smallest absolute Gasteiger partial charge is 0.179 e. The summed E-state index contributed by atoms with van der Waals surface area (Å²) in [6.07, 6.45) is 1.60. The summed E-state index contributed by atoms with van der Waals surface area (Å²) in [5.41, 5.74) is 7.96. The average molecular weight is 268 g/mol. The molecule has 0 saturated carbocycles. The summed E-state index contributed by atoms with van der Waals surface area (Å²) in [5.74, 6) is 0.681. The first-order valence-corrected chi connectivity index (χ1v) is 5.69. The van der Waals surface area contributed by atoms with E-state index in [-0.39, 0.29) is 11.5 Å². The van der Waals surface area contributed by atoms with Gasteiger partial charge in [-0.05, 0) is 18.6 Å². The Hall–Kier alpha value is -1.88. The second-order valence-electron chi connectivity index (χ2n) is 4.00. The summed E-state index contributed by atoms with van der Waals surface area (Å²) < 4.78 is 6.63. The van der Waals surface area contributed by atoms with Crippen molar-refractivity contribution in [1.82, 2.24) is 9.78 Å². The minimum absolute atomic E-state index is 0.0257. The molecule has 6 heteroatoms. The van der Waals surface area contributed by atoms with E-state index in [1.165, 1.54) is 11.8 Å². The summed E-state index contributed by atoms with van der Waals surface area (Å²) in [5, 5.41) is 14.7. The van der Waals surface area contributed by atoms with E-state index in [2.05, 4.69) is 5.10 Å². The molecular formula is C12H14ClN3O2. The van der Waals surface area contributed by atoms with Crippen molar-refractivity contribution in [3.63, 3.8) is 0 Å². The first-order chi connectivity index (χ1) is 8.47. The Morgan fingerprint density at radius 1 is 1.50 bits per heavy atom. The largest absolute Gasteiger partial charge is 0.504 e. The molecular weight excluding hydrogens is 254 g/mol. The molecule has 1 aromatic carbocycles. The molecule has 0 atom stereocenters. The molecule has 3 N–H and O–H groups in total. The lowest BCUT2D eigenvalue weighted by Gasteiger charge is -2.13. The van der Waals surface area contributed by atoms with Crippen LogP contribution in [0.4, 0.5) is 5.82 Å². The number of phenols is 1. The maximum Gasteiger partial charge on any atom is 0.179 e. The highest BCUT2D eigenvalue weighted by Gasteiger charge is 2.20. The molecule has 18 heavy (non-hydrogen) atoms. The fraction of sp³-hybridized carbons (Fsp3) is 0.250. The molecule has 0 bridgehead atoms. The van der Waals surface area contributed by atoms with E-state index in [4.69, 9.17) is 22.1 Å². The monoisotopic (exact) mass is 267 g/mol. The zero-order valence-electron chi connectivity index (χ0n) is 10.4. The van der Waals surface area contributed by atoms with Gasteiger partial charge < -0.3 is 15.6 Å². The number of anilines is 1. The van der Waals surface area contributed by atoms with Gasteiger partial charge in [-0.3, -0.25) is 4.68 Å². The first-order valence-electron chi connectivity index (χ1n) is 5.31. The minimum atomic E-state index is -0.0257. The molecule has 0 radical (unpaired) electrons. The number of hydrogen-bond donors (Lipinski definition) is 2. The predicted octanol–water partition coefficient (Wildman–Crippen LogP) is 2.35. The quantitative estimate of drug-likeness (QED) is 0.876. The maximum absolute atomic E-state index is 10.2. The Bertz CT molecular complexity index is 608. The lowest BCUT2D eigenvalue weighted by atomic mass is 10.0. The highest BCUT2D eigenvalue weighted by molar-refractivity contribution is 6.32. The molecule has 0 amide bonds. The van der Waals surface area contributed by atoms with Crippen molar-refractivity contribution in [2.75, 3.05) is 12.8 Å². The van der Waals surface area contributed by atoms with Crippen LogP contribution in [0.5, 0.6) is 11.5 Å². The molecule has 0 aliphatic heterocycles. The Labute approximate surface area is 110 Å². The van der Waals surface area contributed by atoms with Crippen LogP contribution in [0.15, 0.2) is 12.3 Å². The second-order valence-corrected chi connectivity index (χ2v) is 4.41. The molecule has 1 aromatic heterocycles. The van der Waals surface area contributed by atoms with Crippen LogP contribution in [-0.2, 0) is 7.05 Å². The van der Waals surface area contributed by atoms with Crippen molar-refractivity contribution in [2.45, 2.75) is 6.92 Å². The van der Waals surface area contributed by atoms with Crippen LogP contribution in [0.3, 0.4) is 0 Å². The number of hydrogen-bond acceptors (Lipinski definition) is 4. The van der Waals surface area contributed by atoms with Gasteiger partial charge in [-0.15, -0.1) is 0 Å². The summed E-state index contributed by atoms with van der Waals surface area (Å²) in [6, 6.07) is 1.72. The second kappa shape index (κ2) is 4.42. The third-order valence-electron chi connectivity index (χ3n) is 2.86. The molecule has 1 heterocycles. The van der Waals surface area contributed by atoms with Crippen molar-refractivity contribution in [3.05, 3.63) is 22.8 Å². The van der Waals surface area contributed by atoms with Crippen LogP contribution >= 0.6 is 11.6 Å². The van der Waals surface area contributed by atoms with E-state index in [0.29, 0.717) is 22.0 Å². The van der Waals surface area contributed by atoms with E-state index < -0.39 is 0 Å². The fourth-order valence-electron chi connectivity index (χ4n) is 1.91. The van der Waals surface area contributed by atoms with Gasteiger partial charge in [-0.25, -0.2) is 0 Å². The van der Waals surface area contributed by atoms with Crippen LogP contribution in [0.2, 0.25) is 5.02 Å². The lowest BCUT2D eigenvalue weighted by molar-refractivity contribution is 0.374. The van der Waals surface area contributed by atoms with Crippen LogP contribution in [0.25, 0.3) is 11.1 Å². The number of halogens is 1. The Morgan fingerprint density at radius 3 is 2.67 bits per heavy atom. The number of methoxy groups -OCH3 is 1. The van der Waals surface area contributed by atoms with Crippen LogP contribution in [0, 0.1) is 6.92 Å². The number of nitrogen functional groups attached to an aromatic ring is 1. The van der Waals surface area contributed by atoms with Crippen molar-refractivity contribution in [3.8, 4) is 22.6 Å². The van der Waals surface area contributed by atoms with Crippen LogP contribution in [-0.4, -0.2) is 22.0 Å². The molecule has 0 aliphatic rings. The predicted molar refractivity (Wildman–Crippen MR) is 71.0 cm³/mol. The summed E-state index contributed by atoms with van der Waals surface area (Å²) in [6.45, 7) is 1.84. The number of nitrogens with zero attached hydrogens (tertiary/aromatic N) is 2. The number of benzene rings is 1. The van der Waals surface area contributed by atoms with Gasteiger partial charge in [0.15, 0.2) is 11.5 Å². The zero-order valence-corrected chi connectivity index (χ0v) is 11.1. The number of ether oxygens (including phenoxy) is 1. The van der Waals surface area contributed by atoms with Gasteiger partial charge in [0.05, 0.1) is 18.3 Å². The topological polar surface area (TPSA) is 73.3 Å². The molecule has 5 nitrogen and oxygen atoms in total. The van der Waals surface area contributed by atoms with Gasteiger partial charge in [0.2, 0.25) is 0 Å². The van der Waals surface area contributed by atoms with E-state index >= 15 is 0 Å². The summed E-state index contributed by atoms with van der Waals surface area (Å²) in [4.78, 5) is 0. The highest BCUT2D eigenvalue weighted by atomic mass is 35.5. The van der Waals surface area contributed by atoms with Crippen molar-refractivity contribution in [1.29, 1.82) is 0 Å². The average Bonchev–Trinajstić information content (AvgIpc) is 2.61. The third-order valence-corrected chi connectivity index (χ3v) is 3.15. The number of aromatic hydroxyl groups is 1. The van der Waals surface area contributed by atoms with Crippen molar-refractivity contribution < 1.29 is 9.84 Å². The van der Waals surface area contributed by atoms with Crippen LogP contribution < -0.4 is 10.5 Å². The molecule has 0 saturated heterocycles. The van der Waals surface area contributed by atoms with Gasteiger partial charge in [-0.2, -0.15) is 5.10 Å². The van der Waals surface area contributed by atoms with Gasteiger partial charge >= 0.3 is 0 Å². The molecule has 2 aromatic rings. The van der Waals surface area contributed by atoms with E-state index in [1.54, 1.807) is 19.3 Å². The zero-order chi connectivity index (χ0) is 13.4. The third kappa shape index (κ3) is 1.76. The molecule has 0 fully saturated rings. The number of phenolic OH excluding ortho intramolecular Hbond substituents is 1. The molecule has 96 valence electrons. The number of nitrogens with two attached hydrogens (primary N) is 1. The SMILES string of the molecule is COc1c(Cl)cc(C)c(-c2cnn(C)c2N)c1O. The van der Waals surface area contributed by atoms with Gasteiger partial charge in [0.25, 0.3) is 0 Å². The fourth-order valence-corrected chi connectivity index (χ4v) is 2.25. The van der Waals surface area contributed by atoms with Crippen molar-refractivity contribution >= 4 is 17.4 Å².